The lowest BCUT2D eigenvalue weighted by Gasteiger charge is -2.05. The van der Waals surface area contributed by atoms with Crippen molar-refractivity contribution in [1.29, 1.82) is 0 Å². The summed E-state index contributed by atoms with van der Waals surface area (Å²) in [5.74, 6) is 0. The Bertz CT molecular complexity index is 728. The summed E-state index contributed by atoms with van der Waals surface area (Å²) in [6, 6.07) is 8.44. The SMILES string of the molecule is C=C(C)/C=C(\C=C/N/N=C(\C)C1=CC=CC1)c1cccc(C)c1. The van der Waals surface area contributed by atoms with Crippen molar-refractivity contribution in [2.75, 3.05) is 0 Å². The fraction of sp³-hybridized carbons (Fsp3) is 0.190. The number of nitrogens with one attached hydrogen (secondary N) is 1. The van der Waals surface area contributed by atoms with Crippen LogP contribution in [0.3, 0.4) is 0 Å². The van der Waals surface area contributed by atoms with E-state index in [1.54, 1.807) is 0 Å². The van der Waals surface area contributed by atoms with Crippen molar-refractivity contribution < 1.29 is 0 Å². The van der Waals surface area contributed by atoms with Crippen LogP contribution in [0, 0.1) is 6.92 Å². The molecule has 0 aliphatic heterocycles. The van der Waals surface area contributed by atoms with E-state index in [-0.39, 0.29) is 0 Å². The van der Waals surface area contributed by atoms with Crippen LogP contribution in [0.25, 0.3) is 5.57 Å². The number of allylic oxidation sites excluding steroid dienone is 8. The highest BCUT2D eigenvalue weighted by molar-refractivity contribution is 5.99. The van der Waals surface area contributed by atoms with Crippen molar-refractivity contribution in [3.63, 3.8) is 0 Å². The summed E-state index contributed by atoms with van der Waals surface area (Å²) in [6.07, 6.45) is 13.2. The smallest absolute Gasteiger partial charge is 0.0611 e. The van der Waals surface area contributed by atoms with Gasteiger partial charge in [0.2, 0.25) is 0 Å². The lowest BCUT2D eigenvalue weighted by Crippen LogP contribution is -2.03. The van der Waals surface area contributed by atoms with Gasteiger partial charge in [-0.3, -0.25) is 5.43 Å². The van der Waals surface area contributed by atoms with Crippen LogP contribution in [0.15, 0.2) is 83.7 Å². The average molecular weight is 304 g/mol. The van der Waals surface area contributed by atoms with Gasteiger partial charge in [-0.25, -0.2) is 0 Å². The predicted octanol–water partition coefficient (Wildman–Crippen LogP) is 5.32. The Kier molecular flexibility index (Phi) is 5.93. The molecule has 0 saturated heterocycles. The minimum Gasteiger partial charge on any atom is -0.286 e. The summed E-state index contributed by atoms with van der Waals surface area (Å²) in [7, 11) is 0. The highest BCUT2D eigenvalue weighted by atomic mass is 15.3. The fourth-order valence-electron chi connectivity index (χ4n) is 2.37. The maximum Gasteiger partial charge on any atom is 0.0611 e. The number of hydrogen-bond acceptors (Lipinski definition) is 2. The van der Waals surface area contributed by atoms with Crippen molar-refractivity contribution >= 4 is 11.3 Å². The van der Waals surface area contributed by atoms with E-state index in [9.17, 15) is 0 Å². The van der Waals surface area contributed by atoms with Gasteiger partial charge in [-0.2, -0.15) is 5.10 Å². The molecule has 0 fully saturated rings. The number of nitrogens with zero attached hydrogens (tertiary/aromatic N) is 1. The van der Waals surface area contributed by atoms with E-state index in [0.29, 0.717) is 0 Å². The number of benzene rings is 1. The molecule has 118 valence electrons. The Hall–Kier alpha value is -2.61. The molecule has 0 saturated carbocycles. The number of rotatable bonds is 6. The van der Waals surface area contributed by atoms with Gasteiger partial charge in [-0.1, -0.05) is 66.3 Å². The van der Waals surface area contributed by atoms with E-state index in [0.717, 1.165) is 23.3 Å². The molecule has 1 aliphatic rings. The van der Waals surface area contributed by atoms with Gasteiger partial charge in [-0.15, -0.1) is 0 Å². The third-order valence-corrected chi connectivity index (χ3v) is 3.56. The molecule has 0 unspecified atom stereocenters. The molecule has 0 amide bonds. The topological polar surface area (TPSA) is 24.4 Å². The third kappa shape index (κ3) is 5.26. The Morgan fingerprint density at radius 1 is 1.30 bits per heavy atom. The molecule has 0 spiro atoms. The first-order valence-electron chi connectivity index (χ1n) is 7.83. The van der Waals surface area contributed by atoms with Crippen LogP contribution in [0.4, 0.5) is 0 Å². The summed E-state index contributed by atoms with van der Waals surface area (Å²) >= 11 is 0. The number of hydrogen-bond donors (Lipinski definition) is 1. The van der Waals surface area contributed by atoms with Crippen LogP contribution in [0.2, 0.25) is 0 Å². The largest absolute Gasteiger partial charge is 0.286 e. The fourth-order valence-corrected chi connectivity index (χ4v) is 2.37. The zero-order valence-corrected chi connectivity index (χ0v) is 14.1. The molecule has 1 aromatic rings. The molecule has 1 aromatic carbocycles. The first-order chi connectivity index (χ1) is 11.1. The van der Waals surface area contributed by atoms with Crippen molar-refractivity contribution in [1.82, 2.24) is 5.43 Å². The Labute approximate surface area is 139 Å². The number of hydrazone groups is 1. The second kappa shape index (κ2) is 8.14. The second-order valence-electron chi connectivity index (χ2n) is 5.80. The molecule has 0 atom stereocenters. The summed E-state index contributed by atoms with van der Waals surface area (Å²) in [5, 5.41) is 4.39. The monoisotopic (exact) mass is 304 g/mol. The van der Waals surface area contributed by atoms with Crippen LogP contribution < -0.4 is 5.43 Å². The van der Waals surface area contributed by atoms with E-state index in [1.807, 2.05) is 26.1 Å². The molecule has 1 N–H and O–H groups in total. The highest BCUT2D eigenvalue weighted by Crippen LogP contribution is 2.19. The minimum atomic E-state index is 0.963. The van der Waals surface area contributed by atoms with Crippen LogP contribution in [0.1, 0.15) is 31.4 Å². The molecule has 0 radical (unpaired) electrons. The van der Waals surface area contributed by atoms with E-state index >= 15 is 0 Å². The summed E-state index contributed by atoms with van der Waals surface area (Å²) in [6.45, 7) is 10.1. The molecule has 1 aliphatic carbocycles. The van der Waals surface area contributed by atoms with Gasteiger partial charge in [-0.05, 0) is 50.0 Å². The molecule has 2 heteroatoms. The lowest BCUT2D eigenvalue weighted by molar-refractivity contribution is 0.963. The highest BCUT2D eigenvalue weighted by Gasteiger charge is 2.02. The second-order valence-corrected chi connectivity index (χ2v) is 5.80. The predicted molar refractivity (Wildman–Crippen MR) is 101 cm³/mol. The lowest BCUT2D eigenvalue weighted by atomic mass is 10.0. The quantitative estimate of drug-likeness (QED) is 0.429. The average Bonchev–Trinajstić information content (AvgIpc) is 3.04. The first-order valence-corrected chi connectivity index (χ1v) is 7.83. The molecule has 0 heterocycles. The maximum absolute atomic E-state index is 4.39. The van der Waals surface area contributed by atoms with Crippen LogP contribution in [-0.2, 0) is 0 Å². The van der Waals surface area contributed by atoms with Crippen molar-refractivity contribution in [2.24, 2.45) is 5.10 Å². The van der Waals surface area contributed by atoms with E-state index in [1.165, 1.54) is 16.7 Å². The van der Waals surface area contributed by atoms with Crippen molar-refractivity contribution in [3.8, 4) is 0 Å². The van der Waals surface area contributed by atoms with Gasteiger partial charge in [0.25, 0.3) is 0 Å². The van der Waals surface area contributed by atoms with Crippen LogP contribution in [0.5, 0.6) is 0 Å². The van der Waals surface area contributed by atoms with Crippen LogP contribution >= 0.6 is 0 Å². The van der Waals surface area contributed by atoms with E-state index in [4.69, 9.17) is 0 Å². The molecular formula is C21H24N2. The minimum absolute atomic E-state index is 0.963. The van der Waals surface area contributed by atoms with Gasteiger partial charge >= 0.3 is 0 Å². The molecule has 0 aromatic heterocycles. The molecular weight excluding hydrogens is 280 g/mol. The number of aryl methyl sites for hydroxylation is 1. The summed E-state index contributed by atoms with van der Waals surface area (Å²) in [4.78, 5) is 0. The first kappa shape index (κ1) is 16.8. The van der Waals surface area contributed by atoms with Crippen molar-refractivity contribution in [3.05, 3.63) is 89.7 Å². The zero-order chi connectivity index (χ0) is 16.7. The summed E-state index contributed by atoms with van der Waals surface area (Å²) < 4.78 is 0. The van der Waals surface area contributed by atoms with Gasteiger partial charge in [0, 0.05) is 6.20 Å². The van der Waals surface area contributed by atoms with Gasteiger partial charge in [0.1, 0.15) is 0 Å². The van der Waals surface area contributed by atoms with Crippen LogP contribution in [-0.4, -0.2) is 5.71 Å². The third-order valence-electron chi connectivity index (χ3n) is 3.56. The van der Waals surface area contributed by atoms with Gasteiger partial charge < -0.3 is 0 Å². The Balaban J connectivity index is 2.09. The zero-order valence-electron chi connectivity index (χ0n) is 14.1. The molecule has 23 heavy (non-hydrogen) atoms. The van der Waals surface area contributed by atoms with Gasteiger partial charge in [0.15, 0.2) is 0 Å². The molecule has 2 nitrogen and oxygen atoms in total. The normalized spacial score (nSPS) is 15.2. The standard InChI is InChI=1S/C21H24N2/c1-16(2)14-21(20-11-7-8-17(3)15-20)12-13-22-23-18(4)19-9-5-6-10-19/h5-9,11-15,22H,1,10H2,2-4H3/b13-12-,21-14+,23-18+. The molecule has 0 bridgehead atoms. The maximum atomic E-state index is 4.39. The Morgan fingerprint density at radius 3 is 2.78 bits per heavy atom. The molecule has 2 rings (SSSR count). The van der Waals surface area contributed by atoms with Crippen molar-refractivity contribution in [2.45, 2.75) is 27.2 Å². The summed E-state index contributed by atoms with van der Waals surface area (Å²) in [5.41, 5.74) is 9.84. The Morgan fingerprint density at radius 2 is 2.13 bits per heavy atom. The van der Waals surface area contributed by atoms with Gasteiger partial charge in [0.05, 0.1) is 5.71 Å². The van der Waals surface area contributed by atoms with E-state index in [2.05, 4.69) is 72.6 Å². The van der Waals surface area contributed by atoms with E-state index < -0.39 is 0 Å².